The van der Waals surface area contributed by atoms with Gasteiger partial charge in [-0.05, 0) is 29.8 Å². The van der Waals surface area contributed by atoms with Gasteiger partial charge in [-0.25, -0.2) is 4.39 Å². The molecule has 0 fully saturated rings. The maximum atomic E-state index is 13.8. The van der Waals surface area contributed by atoms with E-state index in [9.17, 15) is 22.4 Å². The number of alkyl halides is 3. The number of benzene rings is 2. The Kier molecular flexibility index (Phi) is 6.52. The second-order valence-corrected chi connectivity index (χ2v) is 6.53. The Hall–Kier alpha value is -3.82. The number of halogens is 4. The molecule has 0 amide bonds. The Balaban J connectivity index is 2.16. The standard InChI is InChI=1S/C22H18F4N2O4/c1-30-16-8-7-15-18(29)17(21(22(24,25)26)32-19(15)20(16)31-2)13(9-27)11-28-10-12-3-5-14(23)6-4-12/h3-9,11H,10,27H2,1-2H3/b13-9+,28-11?. The van der Waals surface area contributed by atoms with Crippen molar-refractivity contribution in [3.05, 3.63) is 75.5 Å². The van der Waals surface area contributed by atoms with Crippen LogP contribution in [0.5, 0.6) is 11.5 Å². The largest absolute Gasteiger partial charge is 0.493 e. The zero-order valence-corrected chi connectivity index (χ0v) is 17.0. The van der Waals surface area contributed by atoms with E-state index in [1.807, 2.05) is 0 Å². The number of nitrogens with zero attached hydrogens (tertiary/aromatic N) is 1. The molecule has 0 atom stereocenters. The fraction of sp³-hybridized carbons (Fsp3) is 0.182. The highest BCUT2D eigenvalue weighted by atomic mass is 19.4. The zero-order valence-electron chi connectivity index (χ0n) is 17.0. The smallest absolute Gasteiger partial charge is 0.450 e. The SMILES string of the molecule is COc1ccc2c(=O)c(/C(C=NCc3ccc(F)cc3)=C/N)c(C(F)(F)F)oc2c1OC. The number of methoxy groups -OCH3 is 2. The molecule has 0 saturated carbocycles. The third-order valence-corrected chi connectivity index (χ3v) is 4.55. The second kappa shape index (κ2) is 9.13. The van der Waals surface area contributed by atoms with Gasteiger partial charge in [0.1, 0.15) is 5.82 Å². The lowest BCUT2D eigenvalue weighted by molar-refractivity contribution is -0.153. The van der Waals surface area contributed by atoms with Crippen LogP contribution in [0.2, 0.25) is 0 Å². The predicted octanol–water partition coefficient (Wildman–Crippen LogP) is 4.54. The molecule has 2 N–H and O–H groups in total. The molecule has 6 nitrogen and oxygen atoms in total. The van der Waals surface area contributed by atoms with Crippen molar-refractivity contribution in [1.29, 1.82) is 0 Å². The molecule has 0 spiro atoms. The minimum absolute atomic E-state index is 0.0307. The van der Waals surface area contributed by atoms with Gasteiger partial charge >= 0.3 is 6.18 Å². The average molecular weight is 450 g/mol. The van der Waals surface area contributed by atoms with E-state index in [4.69, 9.17) is 19.6 Å². The molecule has 0 aliphatic carbocycles. The maximum Gasteiger partial charge on any atom is 0.450 e. The number of hydrogen-bond acceptors (Lipinski definition) is 6. The molecule has 1 heterocycles. The minimum atomic E-state index is -5.02. The number of hydrogen-bond donors (Lipinski definition) is 1. The number of fused-ring (bicyclic) bond motifs is 1. The molecule has 3 rings (SSSR count). The second-order valence-electron chi connectivity index (χ2n) is 6.53. The van der Waals surface area contributed by atoms with E-state index in [0.717, 1.165) is 12.4 Å². The van der Waals surface area contributed by atoms with Gasteiger partial charge in [0.05, 0.1) is 31.7 Å². The quantitative estimate of drug-likeness (QED) is 0.440. The lowest BCUT2D eigenvalue weighted by Gasteiger charge is -2.15. The summed E-state index contributed by atoms with van der Waals surface area (Å²) in [6, 6.07) is 8.06. The van der Waals surface area contributed by atoms with E-state index in [0.29, 0.717) is 5.56 Å². The summed E-state index contributed by atoms with van der Waals surface area (Å²) in [5.74, 6) is -2.04. The highest BCUT2D eigenvalue weighted by molar-refractivity contribution is 6.11. The number of rotatable bonds is 6. The molecule has 0 saturated heterocycles. The van der Waals surface area contributed by atoms with E-state index >= 15 is 0 Å². The summed E-state index contributed by atoms with van der Waals surface area (Å²) in [4.78, 5) is 17.1. The van der Waals surface area contributed by atoms with Crippen molar-refractivity contribution in [2.45, 2.75) is 12.7 Å². The van der Waals surface area contributed by atoms with Gasteiger partial charge in [-0.1, -0.05) is 12.1 Å². The Morgan fingerprint density at radius 2 is 1.81 bits per heavy atom. The molecular formula is C22H18F4N2O4. The van der Waals surface area contributed by atoms with E-state index < -0.39 is 34.3 Å². The van der Waals surface area contributed by atoms with Crippen LogP contribution in [0, 0.1) is 5.82 Å². The number of allylic oxidation sites excluding steroid dienone is 1. The van der Waals surface area contributed by atoms with E-state index in [1.54, 1.807) is 0 Å². The van der Waals surface area contributed by atoms with Gasteiger partial charge in [-0.3, -0.25) is 9.79 Å². The summed E-state index contributed by atoms with van der Waals surface area (Å²) in [5, 5.41) is -0.156. The van der Waals surface area contributed by atoms with Crippen LogP contribution in [0.15, 0.2) is 56.8 Å². The molecule has 0 unspecified atom stereocenters. The number of aliphatic imine (C=N–C) groups is 1. The molecule has 0 radical (unpaired) electrons. The van der Waals surface area contributed by atoms with Crippen molar-refractivity contribution in [1.82, 2.24) is 0 Å². The molecule has 1 aromatic heterocycles. The molecule has 10 heteroatoms. The van der Waals surface area contributed by atoms with Crippen molar-refractivity contribution in [2.75, 3.05) is 14.2 Å². The number of ether oxygens (including phenoxy) is 2. The van der Waals surface area contributed by atoms with Gasteiger partial charge < -0.3 is 19.6 Å². The van der Waals surface area contributed by atoms with E-state index in [-0.39, 0.29) is 29.0 Å². The highest BCUT2D eigenvalue weighted by Gasteiger charge is 2.40. The van der Waals surface area contributed by atoms with Crippen molar-refractivity contribution >= 4 is 22.8 Å². The molecule has 0 aliphatic heterocycles. The molecule has 0 aliphatic rings. The molecule has 3 aromatic rings. The normalized spacial score (nSPS) is 12.5. The fourth-order valence-corrected chi connectivity index (χ4v) is 3.06. The van der Waals surface area contributed by atoms with Crippen LogP contribution in [0.3, 0.4) is 0 Å². The summed E-state index contributed by atoms with van der Waals surface area (Å²) in [7, 11) is 2.51. The minimum Gasteiger partial charge on any atom is -0.493 e. The van der Waals surface area contributed by atoms with Crippen LogP contribution in [0.1, 0.15) is 16.9 Å². The van der Waals surface area contributed by atoms with Gasteiger partial charge in [0, 0.05) is 18.0 Å². The fourth-order valence-electron chi connectivity index (χ4n) is 3.06. The first kappa shape index (κ1) is 22.9. The van der Waals surface area contributed by atoms with E-state index in [2.05, 4.69) is 4.99 Å². The third-order valence-electron chi connectivity index (χ3n) is 4.55. The molecule has 2 aromatic carbocycles. The van der Waals surface area contributed by atoms with Crippen LogP contribution in [-0.2, 0) is 12.7 Å². The van der Waals surface area contributed by atoms with Crippen molar-refractivity contribution in [3.8, 4) is 11.5 Å². The third kappa shape index (κ3) is 4.43. The van der Waals surface area contributed by atoms with Gasteiger partial charge in [-0.15, -0.1) is 0 Å². The Labute approximate surface area is 179 Å². The van der Waals surface area contributed by atoms with Gasteiger partial charge in [0.2, 0.25) is 16.9 Å². The lowest BCUT2D eigenvalue weighted by atomic mass is 10.0. The van der Waals surface area contributed by atoms with Crippen molar-refractivity contribution in [3.63, 3.8) is 0 Å². The van der Waals surface area contributed by atoms with Crippen LogP contribution in [0.25, 0.3) is 16.5 Å². The summed E-state index contributed by atoms with van der Waals surface area (Å²) in [5.41, 5.74) is 3.69. The topological polar surface area (TPSA) is 87.0 Å². The Morgan fingerprint density at radius 3 is 2.38 bits per heavy atom. The molecule has 0 bridgehead atoms. The maximum absolute atomic E-state index is 13.8. The van der Waals surface area contributed by atoms with E-state index in [1.165, 1.54) is 50.6 Å². The zero-order chi connectivity index (χ0) is 23.5. The van der Waals surface area contributed by atoms with Gasteiger partial charge in [0.25, 0.3) is 0 Å². The van der Waals surface area contributed by atoms with Crippen LogP contribution < -0.4 is 20.6 Å². The molecule has 32 heavy (non-hydrogen) atoms. The first-order chi connectivity index (χ1) is 15.2. The van der Waals surface area contributed by atoms with Crippen LogP contribution in [-0.4, -0.2) is 20.4 Å². The summed E-state index contributed by atoms with van der Waals surface area (Å²) < 4.78 is 69.8. The Bertz CT molecular complexity index is 1250. The highest BCUT2D eigenvalue weighted by Crippen LogP contribution is 2.40. The van der Waals surface area contributed by atoms with Crippen molar-refractivity contribution < 1.29 is 31.5 Å². The molecular weight excluding hydrogens is 432 g/mol. The predicted molar refractivity (Wildman–Crippen MR) is 111 cm³/mol. The van der Waals surface area contributed by atoms with Gasteiger partial charge in [-0.2, -0.15) is 13.2 Å². The number of nitrogens with two attached hydrogens (primary N) is 1. The van der Waals surface area contributed by atoms with Crippen LogP contribution in [0.4, 0.5) is 17.6 Å². The average Bonchev–Trinajstić information content (AvgIpc) is 2.77. The van der Waals surface area contributed by atoms with Gasteiger partial charge in [0.15, 0.2) is 11.3 Å². The monoisotopic (exact) mass is 450 g/mol. The summed E-state index contributed by atoms with van der Waals surface area (Å²) in [6.45, 7) is 0.0307. The van der Waals surface area contributed by atoms with Crippen LogP contribution >= 0.6 is 0 Å². The summed E-state index contributed by atoms with van der Waals surface area (Å²) >= 11 is 0. The lowest BCUT2D eigenvalue weighted by Crippen LogP contribution is -2.20. The first-order valence-electron chi connectivity index (χ1n) is 9.16. The van der Waals surface area contributed by atoms with Crippen molar-refractivity contribution in [2.24, 2.45) is 10.7 Å². The first-order valence-corrected chi connectivity index (χ1v) is 9.16. The molecule has 168 valence electrons. The summed E-state index contributed by atoms with van der Waals surface area (Å²) in [6.07, 6.45) is -3.14. The Morgan fingerprint density at radius 1 is 1.12 bits per heavy atom.